The standard InChI is InChI=1S/C26H29N3O2/c30-24(10-1-19-2-11-25-22(17-19)7-12-26(31)27-25)18-28-13-15-29(16-14-28)23-8-5-21(6-9-23)20-3-4-20/h1-2,5-12,17,20,24,30H,3-4,13-16,18H2,(H,27,31). The Balaban J connectivity index is 1.13. The summed E-state index contributed by atoms with van der Waals surface area (Å²) in [6.07, 6.45) is 5.99. The zero-order valence-electron chi connectivity index (χ0n) is 17.7. The number of benzene rings is 2. The normalized spacial score (nSPS) is 18.7. The van der Waals surface area contributed by atoms with Crippen molar-refractivity contribution in [1.82, 2.24) is 9.88 Å². The van der Waals surface area contributed by atoms with Crippen molar-refractivity contribution in [1.29, 1.82) is 0 Å². The Kier molecular flexibility index (Phi) is 5.62. The molecule has 1 saturated heterocycles. The molecule has 3 aromatic rings. The SMILES string of the molecule is O=c1ccc2cc(C=CC(O)CN3CCN(c4ccc(C5CC5)cc4)CC3)ccc2[nH]1. The summed E-state index contributed by atoms with van der Waals surface area (Å²) in [5, 5.41) is 11.5. The highest BCUT2D eigenvalue weighted by Crippen LogP contribution is 2.40. The van der Waals surface area contributed by atoms with E-state index in [1.54, 1.807) is 0 Å². The van der Waals surface area contributed by atoms with Crippen LogP contribution in [0.15, 0.2) is 65.5 Å². The van der Waals surface area contributed by atoms with Gasteiger partial charge >= 0.3 is 0 Å². The molecule has 1 aromatic heterocycles. The smallest absolute Gasteiger partial charge is 0.248 e. The molecule has 0 amide bonds. The second kappa shape index (κ2) is 8.69. The average molecular weight is 416 g/mol. The zero-order valence-corrected chi connectivity index (χ0v) is 17.7. The lowest BCUT2D eigenvalue weighted by atomic mass is 10.1. The van der Waals surface area contributed by atoms with Crippen LogP contribution in [0.25, 0.3) is 17.0 Å². The second-order valence-electron chi connectivity index (χ2n) is 8.75. The van der Waals surface area contributed by atoms with Gasteiger partial charge in [0.2, 0.25) is 5.56 Å². The van der Waals surface area contributed by atoms with Crippen LogP contribution in [0.5, 0.6) is 0 Å². The lowest BCUT2D eigenvalue weighted by Crippen LogP contribution is -2.48. The Hall–Kier alpha value is -2.89. The Morgan fingerprint density at radius 3 is 2.52 bits per heavy atom. The lowest BCUT2D eigenvalue weighted by molar-refractivity contribution is 0.142. The summed E-state index contributed by atoms with van der Waals surface area (Å²) in [4.78, 5) is 19.0. The van der Waals surface area contributed by atoms with Crippen LogP contribution in [0.3, 0.4) is 0 Å². The number of fused-ring (bicyclic) bond motifs is 1. The van der Waals surface area contributed by atoms with Gasteiger partial charge in [-0.1, -0.05) is 30.4 Å². The van der Waals surface area contributed by atoms with Crippen molar-refractivity contribution in [3.05, 3.63) is 82.2 Å². The summed E-state index contributed by atoms with van der Waals surface area (Å²) in [5.74, 6) is 0.805. The van der Waals surface area contributed by atoms with Gasteiger partial charge in [0.05, 0.1) is 6.10 Å². The minimum Gasteiger partial charge on any atom is -0.388 e. The van der Waals surface area contributed by atoms with Crippen molar-refractivity contribution in [3.63, 3.8) is 0 Å². The molecule has 5 heteroatoms. The summed E-state index contributed by atoms with van der Waals surface area (Å²) in [6, 6.07) is 18.3. The predicted molar refractivity (Wildman–Crippen MR) is 127 cm³/mol. The van der Waals surface area contributed by atoms with Crippen LogP contribution in [-0.2, 0) is 0 Å². The number of anilines is 1. The molecule has 2 heterocycles. The molecule has 1 saturated carbocycles. The lowest BCUT2D eigenvalue weighted by Gasteiger charge is -2.36. The Labute approximate surface area is 182 Å². The third-order valence-electron chi connectivity index (χ3n) is 6.38. The van der Waals surface area contributed by atoms with Gasteiger partial charge in [0, 0.05) is 50.0 Å². The van der Waals surface area contributed by atoms with Gasteiger partial charge in [0.15, 0.2) is 0 Å². The summed E-state index contributed by atoms with van der Waals surface area (Å²) >= 11 is 0. The molecule has 2 aromatic carbocycles. The van der Waals surface area contributed by atoms with Crippen LogP contribution < -0.4 is 10.5 Å². The van der Waals surface area contributed by atoms with E-state index < -0.39 is 6.10 Å². The van der Waals surface area contributed by atoms with Crippen molar-refractivity contribution in [2.24, 2.45) is 0 Å². The quantitative estimate of drug-likeness (QED) is 0.646. The molecule has 1 unspecified atom stereocenters. The number of piperazine rings is 1. The highest BCUT2D eigenvalue weighted by atomic mass is 16.3. The molecule has 5 rings (SSSR count). The number of hydrogen-bond donors (Lipinski definition) is 2. The Morgan fingerprint density at radius 1 is 1.00 bits per heavy atom. The van der Waals surface area contributed by atoms with Crippen LogP contribution >= 0.6 is 0 Å². The van der Waals surface area contributed by atoms with E-state index in [4.69, 9.17) is 0 Å². The molecule has 2 fully saturated rings. The third-order valence-corrected chi connectivity index (χ3v) is 6.38. The number of H-pyrrole nitrogens is 1. The summed E-state index contributed by atoms with van der Waals surface area (Å²) in [7, 11) is 0. The van der Waals surface area contributed by atoms with Gasteiger partial charge in [0.25, 0.3) is 0 Å². The molecular formula is C26H29N3O2. The monoisotopic (exact) mass is 415 g/mol. The van der Waals surface area contributed by atoms with E-state index in [1.807, 2.05) is 36.4 Å². The number of nitrogens with one attached hydrogen (secondary N) is 1. The molecular weight excluding hydrogens is 386 g/mol. The number of rotatable bonds is 6. The number of β-amino-alcohol motifs (C(OH)–C–C–N with tert-alkyl or cyclic N) is 1. The fraction of sp³-hybridized carbons (Fsp3) is 0.346. The zero-order chi connectivity index (χ0) is 21.2. The predicted octanol–water partition coefficient (Wildman–Crippen LogP) is 3.60. The molecule has 1 atom stereocenters. The maximum atomic E-state index is 11.4. The van der Waals surface area contributed by atoms with E-state index in [2.05, 4.69) is 39.0 Å². The van der Waals surface area contributed by atoms with Crippen molar-refractivity contribution in [2.75, 3.05) is 37.6 Å². The van der Waals surface area contributed by atoms with Gasteiger partial charge in [0.1, 0.15) is 0 Å². The van der Waals surface area contributed by atoms with Gasteiger partial charge < -0.3 is 15.0 Å². The Morgan fingerprint density at radius 2 is 1.77 bits per heavy atom. The van der Waals surface area contributed by atoms with E-state index in [0.29, 0.717) is 6.54 Å². The van der Waals surface area contributed by atoms with Gasteiger partial charge in [-0.2, -0.15) is 0 Å². The van der Waals surface area contributed by atoms with Gasteiger partial charge in [-0.3, -0.25) is 9.69 Å². The first-order chi connectivity index (χ1) is 15.1. The van der Waals surface area contributed by atoms with E-state index >= 15 is 0 Å². The molecule has 2 N–H and O–H groups in total. The van der Waals surface area contributed by atoms with Crippen molar-refractivity contribution >= 4 is 22.7 Å². The van der Waals surface area contributed by atoms with Crippen LogP contribution in [0.2, 0.25) is 0 Å². The molecule has 1 aliphatic carbocycles. The van der Waals surface area contributed by atoms with Gasteiger partial charge in [-0.15, -0.1) is 0 Å². The maximum Gasteiger partial charge on any atom is 0.248 e. The minimum atomic E-state index is -0.504. The fourth-order valence-corrected chi connectivity index (χ4v) is 4.39. The number of hydrogen-bond acceptors (Lipinski definition) is 4. The van der Waals surface area contributed by atoms with Gasteiger partial charge in [-0.05, 0) is 65.6 Å². The van der Waals surface area contributed by atoms with Crippen LogP contribution in [0.4, 0.5) is 5.69 Å². The minimum absolute atomic E-state index is 0.0958. The third kappa shape index (κ3) is 4.89. The molecule has 160 valence electrons. The van der Waals surface area contributed by atoms with Crippen LogP contribution in [0, 0.1) is 0 Å². The molecule has 0 radical (unpaired) electrons. The second-order valence-corrected chi connectivity index (χ2v) is 8.75. The highest BCUT2D eigenvalue weighted by molar-refractivity contribution is 5.81. The van der Waals surface area contributed by atoms with E-state index in [0.717, 1.165) is 48.6 Å². The first kappa shape index (κ1) is 20.0. The molecule has 31 heavy (non-hydrogen) atoms. The molecule has 0 bridgehead atoms. The van der Waals surface area contributed by atoms with Crippen molar-refractivity contribution < 1.29 is 5.11 Å². The fourth-order valence-electron chi connectivity index (χ4n) is 4.39. The number of aliphatic hydroxyl groups is 1. The number of aliphatic hydroxyl groups excluding tert-OH is 1. The maximum absolute atomic E-state index is 11.4. The van der Waals surface area contributed by atoms with E-state index in [9.17, 15) is 9.90 Å². The van der Waals surface area contributed by atoms with Crippen molar-refractivity contribution in [2.45, 2.75) is 24.9 Å². The van der Waals surface area contributed by atoms with Crippen LogP contribution in [0.1, 0.15) is 29.9 Å². The molecule has 5 nitrogen and oxygen atoms in total. The number of nitrogens with zero attached hydrogens (tertiary/aromatic N) is 2. The molecule has 2 aliphatic rings. The first-order valence-corrected chi connectivity index (χ1v) is 11.2. The summed E-state index contributed by atoms with van der Waals surface area (Å²) in [5.41, 5.74) is 4.53. The molecule has 0 spiro atoms. The highest BCUT2D eigenvalue weighted by Gasteiger charge is 2.24. The van der Waals surface area contributed by atoms with E-state index in [1.165, 1.54) is 30.2 Å². The average Bonchev–Trinajstić information content (AvgIpc) is 3.64. The first-order valence-electron chi connectivity index (χ1n) is 11.2. The number of pyridine rings is 1. The summed E-state index contributed by atoms with van der Waals surface area (Å²) in [6.45, 7) is 4.53. The molecule has 1 aliphatic heterocycles. The number of aromatic nitrogens is 1. The topological polar surface area (TPSA) is 59.6 Å². The summed E-state index contributed by atoms with van der Waals surface area (Å²) < 4.78 is 0. The van der Waals surface area contributed by atoms with Crippen LogP contribution in [-0.4, -0.2) is 53.8 Å². The largest absolute Gasteiger partial charge is 0.388 e. The van der Waals surface area contributed by atoms with E-state index in [-0.39, 0.29) is 5.56 Å². The Bertz CT molecular complexity index is 1120. The van der Waals surface area contributed by atoms with Gasteiger partial charge in [-0.25, -0.2) is 0 Å². The van der Waals surface area contributed by atoms with Crippen molar-refractivity contribution in [3.8, 4) is 0 Å². The number of aromatic amines is 1.